The molecule has 0 fully saturated rings. The van der Waals surface area contributed by atoms with Crippen LogP contribution in [0.1, 0.15) is 23.2 Å². The molecule has 0 saturated carbocycles. The van der Waals surface area contributed by atoms with Crippen LogP contribution in [0.4, 0.5) is 5.82 Å². The molecule has 2 rings (SSSR count). The Morgan fingerprint density at radius 2 is 2.05 bits per heavy atom. The van der Waals surface area contributed by atoms with Gasteiger partial charge in [-0.25, -0.2) is 14.8 Å². The molecule has 0 amide bonds. The van der Waals surface area contributed by atoms with E-state index in [0.717, 1.165) is 5.75 Å². The summed E-state index contributed by atoms with van der Waals surface area (Å²) in [5.41, 5.74) is -0.0179. The highest BCUT2D eigenvalue weighted by Gasteiger charge is 2.10. The smallest absolute Gasteiger partial charge is 0.354 e. The van der Waals surface area contributed by atoms with Crippen LogP contribution in [0.3, 0.4) is 0 Å². The number of aromatic carboxylic acids is 1. The fourth-order valence-electron chi connectivity index (χ4n) is 1.77. The van der Waals surface area contributed by atoms with E-state index in [1.54, 1.807) is 0 Å². The molecule has 0 saturated heterocycles. The Morgan fingerprint density at radius 1 is 1.29 bits per heavy atom. The lowest BCUT2D eigenvalue weighted by Crippen LogP contribution is -2.12. The van der Waals surface area contributed by atoms with Gasteiger partial charge in [-0.3, -0.25) is 0 Å². The fourth-order valence-corrected chi connectivity index (χ4v) is 1.77. The van der Waals surface area contributed by atoms with Crippen molar-refractivity contribution in [1.29, 1.82) is 0 Å². The molecule has 0 aliphatic heterocycles. The van der Waals surface area contributed by atoms with Crippen LogP contribution in [-0.4, -0.2) is 34.2 Å². The molecule has 2 aromatic rings. The van der Waals surface area contributed by atoms with E-state index in [-0.39, 0.29) is 5.69 Å². The summed E-state index contributed by atoms with van der Waals surface area (Å²) < 4.78 is 5.56. The first-order chi connectivity index (χ1) is 10.2. The van der Waals surface area contributed by atoms with Crippen LogP contribution < -0.4 is 10.1 Å². The average molecular weight is 287 g/mol. The van der Waals surface area contributed by atoms with Crippen molar-refractivity contribution in [2.45, 2.75) is 13.3 Å². The number of para-hydroxylation sites is 1. The molecule has 6 nitrogen and oxygen atoms in total. The minimum atomic E-state index is -1.07. The Balaban J connectivity index is 2.03. The SMILES string of the molecule is CCNc1cc(C(=O)O)nc(CCOc2ccccc2)n1. The van der Waals surface area contributed by atoms with Gasteiger partial charge in [0.1, 0.15) is 17.4 Å². The minimum Gasteiger partial charge on any atom is -0.493 e. The third-order valence-electron chi connectivity index (χ3n) is 2.69. The molecule has 0 radical (unpaired) electrons. The van der Waals surface area contributed by atoms with Gasteiger partial charge in [0, 0.05) is 19.0 Å². The second-order valence-corrected chi connectivity index (χ2v) is 4.30. The van der Waals surface area contributed by atoms with Gasteiger partial charge in [-0.1, -0.05) is 18.2 Å². The zero-order chi connectivity index (χ0) is 15.1. The maximum Gasteiger partial charge on any atom is 0.354 e. The van der Waals surface area contributed by atoms with E-state index in [4.69, 9.17) is 9.84 Å². The van der Waals surface area contributed by atoms with Gasteiger partial charge in [0.2, 0.25) is 0 Å². The summed E-state index contributed by atoms with van der Waals surface area (Å²) in [6.45, 7) is 2.97. The van der Waals surface area contributed by atoms with Crippen molar-refractivity contribution >= 4 is 11.8 Å². The Labute approximate surface area is 122 Å². The van der Waals surface area contributed by atoms with Crippen molar-refractivity contribution in [3.05, 3.63) is 47.9 Å². The molecule has 0 spiro atoms. The third-order valence-corrected chi connectivity index (χ3v) is 2.69. The number of carboxylic acid groups (broad SMARTS) is 1. The number of rotatable bonds is 7. The number of nitrogens with zero attached hydrogens (tertiary/aromatic N) is 2. The van der Waals surface area contributed by atoms with Gasteiger partial charge in [-0.15, -0.1) is 0 Å². The molecule has 0 aliphatic rings. The van der Waals surface area contributed by atoms with E-state index in [1.807, 2.05) is 37.3 Å². The van der Waals surface area contributed by atoms with Crippen molar-refractivity contribution < 1.29 is 14.6 Å². The van der Waals surface area contributed by atoms with Crippen LogP contribution in [0.25, 0.3) is 0 Å². The predicted octanol–water partition coefficient (Wildman–Crippen LogP) is 2.23. The molecule has 2 N–H and O–H groups in total. The van der Waals surface area contributed by atoms with Gasteiger partial charge in [-0.2, -0.15) is 0 Å². The number of carboxylic acids is 1. The maximum atomic E-state index is 11.1. The number of anilines is 1. The number of aromatic nitrogens is 2. The van der Waals surface area contributed by atoms with Gasteiger partial charge in [0.25, 0.3) is 0 Å². The lowest BCUT2D eigenvalue weighted by Gasteiger charge is -2.08. The third kappa shape index (κ3) is 4.45. The minimum absolute atomic E-state index is 0.0179. The zero-order valence-corrected chi connectivity index (χ0v) is 11.7. The molecular weight excluding hydrogens is 270 g/mol. The van der Waals surface area contributed by atoms with Crippen LogP contribution in [0.5, 0.6) is 5.75 Å². The number of carbonyl (C=O) groups is 1. The summed E-state index contributed by atoms with van der Waals surface area (Å²) in [6.07, 6.45) is 0.439. The lowest BCUT2D eigenvalue weighted by molar-refractivity contribution is 0.0690. The standard InChI is InChI=1S/C15H17N3O3/c1-2-16-14-10-12(15(19)20)17-13(18-14)8-9-21-11-6-4-3-5-7-11/h3-7,10H,2,8-9H2,1H3,(H,19,20)(H,16,17,18). The molecular formula is C15H17N3O3. The van der Waals surface area contributed by atoms with Gasteiger partial charge >= 0.3 is 5.97 Å². The monoisotopic (exact) mass is 287 g/mol. The molecule has 0 aliphatic carbocycles. The second-order valence-electron chi connectivity index (χ2n) is 4.30. The summed E-state index contributed by atoms with van der Waals surface area (Å²) in [5, 5.41) is 12.1. The highest BCUT2D eigenvalue weighted by molar-refractivity contribution is 5.86. The average Bonchev–Trinajstić information content (AvgIpc) is 2.48. The summed E-state index contributed by atoms with van der Waals surface area (Å²) in [6, 6.07) is 10.8. The number of nitrogens with one attached hydrogen (secondary N) is 1. The van der Waals surface area contributed by atoms with Gasteiger partial charge in [0.15, 0.2) is 5.69 Å². The summed E-state index contributed by atoms with van der Waals surface area (Å²) in [4.78, 5) is 19.3. The molecule has 1 aromatic carbocycles. The molecule has 1 aromatic heterocycles. The van der Waals surface area contributed by atoms with Gasteiger partial charge < -0.3 is 15.2 Å². The van der Waals surface area contributed by atoms with Crippen LogP contribution >= 0.6 is 0 Å². The predicted molar refractivity (Wildman–Crippen MR) is 78.8 cm³/mol. The fraction of sp³-hybridized carbons (Fsp3) is 0.267. The Morgan fingerprint density at radius 3 is 2.71 bits per heavy atom. The largest absolute Gasteiger partial charge is 0.493 e. The molecule has 0 atom stereocenters. The first-order valence-electron chi connectivity index (χ1n) is 6.72. The second kappa shape index (κ2) is 7.23. The van der Waals surface area contributed by atoms with Crippen LogP contribution in [0.15, 0.2) is 36.4 Å². The molecule has 6 heteroatoms. The van der Waals surface area contributed by atoms with Crippen LogP contribution in [0.2, 0.25) is 0 Å². The number of hydrogen-bond donors (Lipinski definition) is 2. The quantitative estimate of drug-likeness (QED) is 0.812. The number of benzene rings is 1. The zero-order valence-electron chi connectivity index (χ0n) is 11.7. The van der Waals surface area contributed by atoms with Gasteiger partial charge in [-0.05, 0) is 19.1 Å². The maximum absolute atomic E-state index is 11.1. The molecule has 21 heavy (non-hydrogen) atoms. The van der Waals surface area contributed by atoms with Gasteiger partial charge in [0.05, 0.1) is 6.61 Å². The highest BCUT2D eigenvalue weighted by Crippen LogP contribution is 2.10. The Bertz CT molecular complexity index is 602. The number of hydrogen-bond acceptors (Lipinski definition) is 5. The van der Waals surface area contributed by atoms with Crippen molar-refractivity contribution in [3.8, 4) is 5.75 Å². The lowest BCUT2D eigenvalue weighted by atomic mass is 10.3. The van der Waals surface area contributed by atoms with E-state index >= 15 is 0 Å². The number of ether oxygens (including phenoxy) is 1. The van der Waals surface area contributed by atoms with Crippen LogP contribution in [-0.2, 0) is 6.42 Å². The topological polar surface area (TPSA) is 84.3 Å². The first kappa shape index (κ1) is 14.8. The van der Waals surface area contributed by atoms with Crippen molar-refractivity contribution in [1.82, 2.24) is 9.97 Å². The molecule has 0 unspecified atom stereocenters. The van der Waals surface area contributed by atoms with E-state index in [0.29, 0.717) is 31.2 Å². The van der Waals surface area contributed by atoms with E-state index in [9.17, 15) is 4.79 Å². The van der Waals surface area contributed by atoms with E-state index in [2.05, 4.69) is 15.3 Å². The Hall–Kier alpha value is -2.63. The highest BCUT2D eigenvalue weighted by atomic mass is 16.5. The Kier molecular flexibility index (Phi) is 5.09. The van der Waals surface area contributed by atoms with E-state index < -0.39 is 5.97 Å². The molecule has 1 heterocycles. The van der Waals surface area contributed by atoms with Crippen molar-refractivity contribution in [3.63, 3.8) is 0 Å². The summed E-state index contributed by atoms with van der Waals surface area (Å²) in [7, 11) is 0. The molecule has 0 bridgehead atoms. The van der Waals surface area contributed by atoms with Crippen molar-refractivity contribution in [2.75, 3.05) is 18.5 Å². The van der Waals surface area contributed by atoms with E-state index in [1.165, 1.54) is 6.07 Å². The molecule has 110 valence electrons. The first-order valence-corrected chi connectivity index (χ1v) is 6.72. The summed E-state index contributed by atoms with van der Waals surface area (Å²) in [5.74, 6) is 0.655. The van der Waals surface area contributed by atoms with Crippen molar-refractivity contribution in [2.24, 2.45) is 0 Å². The normalized spacial score (nSPS) is 10.1. The summed E-state index contributed by atoms with van der Waals surface area (Å²) >= 11 is 0. The van der Waals surface area contributed by atoms with Crippen LogP contribution in [0, 0.1) is 0 Å².